The second-order valence-corrected chi connectivity index (χ2v) is 9.81. The number of nitro groups is 1. The Bertz CT molecular complexity index is 1210. The second-order valence-electron chi connectivity index (χ2n) is 9.37. The number of benzene rings is 2. The largest absolute Gasteiger partial charge is 0.491 e. The molecule has 2 aliphatic rings. The topological polar surface area (TPSA) is 115 Å². The highest BCUT2D eigenvalue weighted by atomic mass is 35.5. The molecule has 5 rings (SSSR count). The number of aliphatic hydroxyl groups is 1. The Balaban J connectivity index is 1.02. The van der Waals surface area contributed by atoms with Crippen LogP contribution in [0.3, 0.4) is 0 Å². The molecular formula is C26H30ClN5O6. The zero-order valence-electron chi connectivity index (χ0n) is 20.8. The molecule has 3 heterocycles. The molecule has 1 unspecified atom stereocenters. The fraction of sp³-hybridized carbons (Fsp3) is 0.423. The van der Waals surface area contributed by atoms with Crippen molar-refractivity contribution >= 4 is 23.1 Å². The van der Waals surface area contributed by atoms with E-state index in [0.29, 0.717) is 36.9 Å². The summed E-state index contributed by atoms with van der Waals surface area (Å²) in [6, 6.07) is 15.3. The Kier molecular flexibility index (Phi) is 8.16. The summed E-state index contributed by atoms with van der Waals surface area (Å²) in [5, 5.41) is 22.0. The lowest BCUT2D eigenvalue weighted by atomic mass is 10.2. The lowest BCUT2D eigenvalue weighted by Crippen LogP contribution is -2.49. The van der Waals surface area contributed by atoms with Crippen molar-refractivity contribution in [3.8, 4) is 17.5 Å². The number of hydrogen-bond donors (Lipinski definition) is 1. The SMILES string of the molecule is O=[N+]([O-])c1cn2c(n1)O[C@@H](COc1ccc(N3CCN(CC(O)COc4ccc(Cl)cc4)CC3)cc1)CC2. The molecule has 0 aliphatic carbocycles. The lowest BCUT2D eigenvalue weighted by molar-refractivity contribution is -0.389. The third-order valence-electron chi connectivity index (χ3n) is 6.61. The molecule has 12 heteroatoms. The van der Waals surface area contributed by atoms with Crippen LogP contribution < -0.4 is 19.1 Å². The maximum absolute atomic E-state index is 10.9. The van der Waals surface area contributed by atoms with Crippen molar-refractivity contribution in [2.75, 3.05) is 50.8 Å². The minimum absolute atomic E-state index is 0.211. The average molecular weight is 544 g/mol. The number of halogens is 1. The van der Waals surface area contributed by atoms with Crippen LogP contribution in [0.25, 0.3) is 0 Å². The van der Waals surface area contributed by atoms with E-state index in [4.69, 9.17) is 25.8 Å². The first kappa shape index (κ1) is 26.1. The van der Waals surface area contributed by atoms with Crippen LogP contribution in [0.5, 0.6) is 17.5 Å². The van der Waals surface area contributed by atoms with Gasteiger partial charge < -0.3 is 34.3 Å². The number of β-amino-alcohol motifs (C(OH)–C–C–N with tert-alkyl or cyclic N) is 1. The van der Waals surface area contributed by atoms with Gasteiger partial charge in [-0.2, -0.15) is 0 Å². The number of aryl methyl sites for hydroxylation is 1. The summed E-state index contributed by atoms with van der Waals surface area (Å²) in [6.45, 7) is 5.15. The highest BCUT2D eigenvalue weighted by Crippen LogP contribution is 2.26. The number of piperazine rings is 1. The van der Waals surface area contributed by atoms with E-state index < -0.39 is 11.0 Å². The summed E-state index contributed by atoms with van der Waals surface area (Å²) in [6.07, 6.45) is 1.29. The van der Waals surface area contributed by atoms with Crippen LogP contribution in [-0.2, 0) is 6.54 Å². The van der Waals surface area contributed by atoms with Crippen LogP contribution in [0.4, 0.5) is 11.5 Å². The fourth-order valence-corrected chi connectivity index (χ4v) is 4.67. The number of anilines is 1. The zero-order chi connectivity index (χ0) is 26.5. The standard InChI is InChI=1S/C26H30ClN5O6/c27-19-1-5-22(6-2-19)36-17-21(33)15-29-11-13-30(14-12-29)20-3-7-23(8-4-20)37-18-24-9-10-31-16-25(32(34)35)28-26(31)38-24/h1-8,16,21,24,33H,9-15,17-18H2/t21?,24-/m1/s1. The van der Waals surface area contributed by atoms with Gasteiger partial charge in [-0.3, -0.25) is 9.47 Å². The molecule has 0 radical (unpaired) electrons. The van der Waals surface area contributed by atoms with Gasteiger partial charge in [0.25, 0.3) is 0 Å². The molecule has 0 spiro atoms. The van der Waals surface area contributed by atoms with Gasteiger partial charge in [-0.05, 0) is 53.5 Å². The molecule has 2 aromatic carbocycles. The van der Waals surface area contributed by atoms with E-state index in [9.17, 15) is 15.2 Å². The molecule has 2 aliphatic heterocycles. The Morgan fingerprint density at radius 3 is 2.45 bits per heavy atom. The van der Waals surface area contributed by atoms with Crippen molar-refractivity contribution < 1.29 is 24.2 Å². The minimum Gasteiger partial charge on any atom is -0.491 e. The Hall–Kier alpha value is -3.54. The molecule has 202 valence electrons. The van der Waals surface area contributed by atoms with Gasteiger partial charge in [0.1, 0.15) is 43.1 Å². The normalized spacial score (nSPS) is 18.4. The van der Waals surface area contributed by atoms with E-state index in [-0.39, 0.29) is 24.5 Å². The van der Waals surface area contributed by atoms with Crippen LogP contribution in [0.1, 0.15) is 6.42 Å². The second kappa shape index (κ2) is 11.9. The van der Waals surface area contributed by atoms with Crippen molar-refractivity contribution in [2.45, 2.75) is 25.2 Å². The maximum atomic E-state index is 10.9. The predicted octanol–water partition coefficient (Wildman–Crippen LogP) is 3.24. The molecule has 0 bridgehead atoms. The molecule has 38 heavy (non-hydrogen) atoms. The molecule has 0 amide bonds. The number of fused-ring (bicyclic) bond motifs is 1. The predicted molar refractivity (Wildman–Crippen MR) is 141 cm³/mol. The van der Waals surface area contributed by atoms with Crippen LogP contribution in [0.2, 0.25) is 5.02 Å². The minimum atomic E-state index is -0.572. The van der Waals surface area contributed by atoms with Crippen LogP contribution in [-0.4, -0.2) is 82.6 Å². The number of aromatic nitrogens is 2. The molecular weight excluding hydrogens is 514 g/mol. The third-order valence-corrected chi connectivity index (χ3v) is 6.87. The van der Waals surface area contributed by atoms with E-state index in [0.717, 1.165) is 37.6 Å². The lowest BCUT2D eigenvalue weighted by Gasteiger charge is -2.36. The first-order valence-corrected chi connectivity index (χ1v) is 13.0. The summed E-state index contributed by atoms with van der Waals surface area (Å²) in [5.74, 6) is 1.22. The number of hydrogen-bond acceptors (Lipinski definition) is 9. The molecule has 1 saturated heterocycles. The third kappa shape index (κ3) is 6.66. The van der Waals surface area contributed by atoms with Crippen molar-refractivity contribution in [1.82, 2.24) is 14.5 Å². The summed E-state index contributed by atoms with van der Waals surface area (Å²) >= 11 is 5.89. The summed E-state index contributed by atoms with van der Waals surface area (Å²) < 4.78 is 19.0. The van der Waals surface area contributed by atoms with Crippen LogP contribution in [0, 0.1) is 10.1 Å². The first-order valence-electron chi connectivity index (χ1n) is 12.6. The molecule has 1 fully saturated rings. The summed E-state index contributed by atoms with van der Waals surface area (Å²) in [7, 11) is 0. The Morgan fingerprint density at radius 1 is 1.05 bits per heavy atom. The summed E-state index contributed by atoms with van der Waals surface area (Å²) in [5.41, 5.74) is 1.12. The van der Waals surface area contributed by atoms with Gasteiger partial charge >= 0.3 is 11.8 Å². The monoisotopic (exact) mass is 543 g/mol. The quantitative estimate of drug-likeness (QED) is 0.304. The van der Waals surface area contributed by atoms with E-state index in [2.05, 4.69) is 14.8 Å². The van der Waals surface area contributed by atoms with Gasteiger partial charge in [0.15, 0.2) is 0 Å². The van der Waals surface area contributed by atoms with E-state index in [1.54, 1.807) is 28.8 Å². The van der Waals surface area contributed by atoms with Crippen LogP contribution >= 0.6 is 11.6 Å². The Labute approximate surface area is 225 Å². The van der Waals surface area contributed by atoms with Gasteiger partial charge in [-0.15, -0.1) is 0 Å². The molecule has 1 N–H and O–H groups in total. The Morgan fingerprint density at radius 2 is 1.74 bits per heavy atom. The van der Waals surface area contributed by atoms with E-state index >= 15 is 0 Å². The van der Waals surface area contributed by atoms with Gasteiger partial charge in [-0.25, -0.2) is 0 Å². The van der Waals surface area contributed by atoms with Gasteiger partial charge in [0.2, 0.25) is 0 Å². The number of imidazole rings is 1. The molecule has 1 aromatic heterocycles. The summed E-state index contributed by atoms with van der Waals surface area (Å²) in [4.78, 5) is 18.9. The van der Waals surface area contributed by atoms with Crippen molar-refractivity contribution in [3.63, 3.8) is 0 Å². The maximum Gasteiger partial charge on any atom is 0.414 e. The zero-order valence-corrected chi connectivity index (χ0v) is 21.6. The van der Waals surface area contributed by atoms with Gasteiger partial charge in [0, 0.05) is 61.4 Å². The van der Waals surface area contributed by atoms with Crippen LogP contribution in [0.15, 0.2) is 54.7 Å². The molecule has 2 atom stereocenters. The van der Waals surface area contributed by atoms with Gasteiger partial charge in [-0.1, -0.05) is 11.6 Å². The van der Waals surface area contributed by atoms with Crippen molar-refractivity contribution in [1.29, 1.82) is 0 Å². The van der Waals surface area contributed by atoms with E-state index in [1.165, 1.54) is 6.20 Å². The smallest absolute Gasteiger partial charge is 0.414 e. The van der Waals surface area contributed by atoms with Crippen molar-refractivity contribution in [2.24, 2.45) is 0 Å². The molecule has 0 saturated carbocycles. The highest BCUT2D eigenvalue weighted by Gasteiger charge is 2.28. The number of nitrogens with zero attached hydrogens (tertiary/aromatic N) is 5. The molecule has 3 aromatic rings. The number of ether oxygens (including phenoxy) is 3. The number of rotatable bonds is 10. The highest BCUT2D eigenvalue weighted by molar-refractivity contribution is 6.30. The van der Waals surface area contributed by atoms with E-state index in [1.807, 2.05) is 24.3 Å². The van der Waals surface area contributed by atoms with Gasteiger partial charge in [0.05, 0.1) is 0 Å². The average Bonchev–Trinajstić information content (AvgIpc) is 3.36. The fourth-order valence-electron chi connectivity index (χ4n) is 4.54. The first-order chi connectivity index (χ1) is 18.4. The molecule has 11 nitrogen and oxygen atoms in total. The van der Waals surface area contributed by atoms with Crippen molar-refractivity contribution in [3.05, 3.63) is 69.9 Å². The number of aliphatic hydroxyl groups excluding tert-OH is 1.